The number of amides is 1. The second-order valence-corrected chi connectivity index (χ2v) is 5.47. The normalized spacial score (nSPS) is 11.9. The number of carbonyl (C=O) groups is 2. The number of ether oxygens (including phenoxy) is 1. The van der Waals surface area contributed by atoms with E-state index in [0.717, 1.165) is 11.0 Å². The first-order chi connectivity index (χ1) is 10.4. The van der Waals surface area contributed by atoms with E-state index in [-0.39, 0.29) is 24.2 Å². The zero-order valence-corrected chi connectivity index (χ0v) is 13.0. The van der Waals surface area contributed by atoms with E-state index in [2.05, 4.69) is 4.74 Å². The highest BCUT2D eigenvalue weighted by atomic mass is 19.4. The fourth-order valence-electron chi connectivity index (χ4n) is 1.80. The summed E-state index contributed by atoms with van der Waals surface area (Å²) in [6.45, 7) is 2.74. The molecule has 0 aliphatic carbocycles. The molecule has 1 rings (SSSR count). The Morgan fingerprint density at radius 3 is 2.30 bits per heavy atom. The van der Waals surface area contributed by atoms with Crippen molar-refractivity contribution < 1.29 is 32.6 Å². The van der Waals surface area contributed by atoms with Crippen LogP contribution in [0.1, 0.15) is 25.8 Å². The first-order valence-corrected chi connectivity index (χ1v) is 6.79. The number of aryl methyl sites for hydroxylation is 1. The lowest BCUT2D eigenvalue weighted by Gasteiger charge is -2.31. The first-order valence-electron chi connectivity index (χ1n) is 6.79. The molecule has 0 aliphatic rings. The standard InChI is InChI=1S/C15H18F3NO4/c1-14(2,13(21)22)19(3)12(20)9-8-10-6-4-5-7-11(10)23-15(16,17)18/h4-7H,8-9H2,1-3H3,(H,21,22). The molecule has 1 N–H and O–H groups in total. The van der Waals surface area contributed by atoms with Gasteiger partial charge in [-0.15, -0.1) is 13.2 Å². The smallest absolute Gasteiger partial charge is 0.480 e. The summed E-state index contributed by atoms with van der Waals surface area (Å²) in [4.78, 5) is 24.2. The highest BCUT2D eigenvalue weighted by Gasteiger charge is 2.35. The Morgan fingerprint density at radius 2 is 1.78 bits per heavy atom. The number of halogens is 3. The van der Waals surface area contributed by atoms with Crippen LogP contribution in [0.5, 0.6) is 5.75 Å². The third kappa shape index (κ3) is 5.15. The summed E-state index contributed by atoms with van der Waals surface area (Å²) in [5.74, 6) is -2.03. The molecule has 1 amide bonds. The molecule has 23 heavy (non-hydrogen) atoms. The SMILES string of the molecule is CN(C(=O)CCc1ccccc1OC(F)(F)F)C(C)(C)C(=O)O. The minimum absolute atomic E-state index is 0.00509. The molecule has 0 saturated heterocycles. The zero-order valence-electron chi connectivity index (χ0n) is 13.0. The minimum Gasteiger partial charge on any atom is -0.480 e. The number of alkyl halides is 3. The molecule has 128 valence electrons. The van der Waals surface area contributed by atoms with Crippen molar-refractivity contribution in [3.8, 4) is 5.75 Å². The first kappa shape index (κ1) is 18.8. The number of hydrogen-bond acceptors (Lipinski definition) is 3. The number of likely N-dealkylation sites (N-methyl/N-ethyl adjacent to an activating group) is 1. The Morgan fingerprint density at radius 1 is 1.22 bits per heavy atom. The summed E-state index contributed by atoms with van der Waals surface area (Å²) in [6, 6.07) is 5.52. The van der Waals surface area contributed by atoms with Gasteiger partial charge in [-0.2, -0.15) is 0 Å². The summed E-state index contributed by atoms with van der Waals surface area (Å²) in [6.07, 6.45) is -4.95. The molecular weight excluding hydrogens is 315 g/mol. The highest BCUT2D eigenvalue weighted by Crippen LogP contribution is 2.27. The number of rotatable bonds is 6. The molecule has 5 nitrogen and oxygen atoms in total. The van der Waals surface area contributed by atoms with Crippen molar-refractivity contribution in [2.75, 3.05) is 7.05 Å². The molecule has 0 aliphatic heterocycles. The highest BCUT2D eigenvalue weighted by molar-refractivity contribution is 5.86. The lowest BCUT2D eigenvalue weighted by molar-refractivity contribution is -0.274. The molecule has 0 atom stereocenters. The maximum atomic E-state index is 12.3. The molecule has 0 bridgehead atoms. The van der Waals surface area contributed by atoms with Crippen LogP contribution in [-0.4, -0.2) is 40.8 Å². The van der Waals surface area contributed by atoms with Crippen LogP contribution in [-0.2, 0) is 16.0 Å². The van der Waals surface area contributed by atoms with E-state index in [1.165, 1.54) is 39.1 Å². The minimum atomic E-state index is -4.82. The molecule has 1 aromatic carbocycles. The van der Waals surface area contributed by atoms with E-state index in [9.17, 15) is 22.8 Å². The average Bonchev–Trinajstić information content (AvgIpc) is 2.43. The van der Waals surface area contributed by atoms with Gasteiger partial charge in [-0.05, 0) is 31.9 Å². The molecule has 0 heterocycles. The molecule has 0 fully saturated rings. The second kappa shape index (κ2) is 6.89. The number of aliphatic carboxylic acids is 1. The Hall–Kier alpha value is -2.25. The number of carboxylic acids is 1. The predicted molar refractivity (Wildman–Crippen MR) is 75.9 cm³/mol. The lowest BCUT2D eigenvalue weighted by Crippen LogP contribution is -2.50. The van der Waals surface area contributed by atoms with E-state index in [4.69, 9.17) is 5.11 Å². The molecular formula is C15H18F3NO4. The summed E-state index contributed by atoms with van der Waals surface area (Å²) in [7, 11) is 1.34. The Bertz CT molecular complexity index is 584. The van der Waals surface area contributed by atoms with Crippen molar-refractivity contribution in [1.82, 2.24) is 4.90 Å². The van der Waals surface area contributed by atoms with Crippen LogP contribution in [0.3, 0.4) is 0 Å². The van der Waals surface area contributed by atoms with E-state index < -0.39 is 23.8 Å². The number of benzene rings is 1. The van der Waals surface area contributed by atoms with Gasteiger partial charge in [0.2, 0.25) is 5.91 Å². The van der Waals surface area contributed by atoms with Crippen molar-refractivity contribution in [2.45, 2.75) is 38.6 Å². The van der Waals surface area contributed by atoms with E-state index in [0.29, 0.717) is 0 Å². The van der Waals surface area contributed by atoms with Gasteiger partial charge in [0.1, 0.15) is 11.3 Å². The molecule has 8 heteroatoms. The summed E-state index contributed by atoms with van der Waals surface area (Å²) >= 11 is 0. The van der Waals surface area contributed by atoms with Crippen LogP contribution in [0.4, 0.5) is 13.2 Å². The Kier molecular flexibility index (Phi) is 5.63. The predicted octanol–water partition coefficient (Wildman–Crippen LogP) is 2.84. The molecule has 0 aromatic heterocycles. The van der Waals surface area contributed by atoms with Crippen molar-refractivity contribution in [2.24, 2.45) is 0 Å². The van der Waals surface area contributed by atoms with Gasteiger partial charge in [-0.25, -0.2) is 4.79 Å². The van der Waals surface area contributed by atoms with E-state index in [1.54, 1.807) is 0 Å². The van der Waals surface area contributed by atoms with Crippen LogP contribution >= 0.6 is 0 Å². The molecule has 0 radical (unpaired) electrons. The van der Waals surface area contributed by atoms with Crippen LogP contribution in [0, 0.1) is 0 Å². The largest absolute Gasteiger partial charge is 0.573 e. The number of hydrogen-bond donors (Lipinski definition) is 1. The summed E-state index contributed by atoms with van der Waals surface area (Å²) < 4.78 is 40.9. The topological polar surface area (TPSA) is 66.8 Å². The van der Waals surface area contributed by atoms with Crippen molar-refractivity contribution in [3.05, 3.63) is 29.8 Å². The van der Waals surface area contributed by atoms with Gasteiger partial charge >= 0.3 is 12.3 Å². The number of para-hydroxylation sites is 1. The van der Waals surface area contributed by atoms with Gasteiger partial charge in [-0.1, -0.05) is 18.2 Å². The van der Waals surface area contributed by atoms with E-state index in [1.807, 2.05) is 0 Å². The molecule has 0 unspecified atom stereocenters. The number of carboxylic acid groups (broad SMARTS) is 1. The molecule has 0 saturated carbocycles. The van der Waals surface area contributed by atoms with E-state index >= 15 is 0 Å². The Labute approximate surface area is 131 Å². The van der Waals surface area contributed by atoms with Crippen molar-refractivity contribution in [1.29, 1.82) is 0 Å². The quantitative estimate of drug-likeness (QED) is 0.869. The van der Waals surface area contributed by atoms with Gasteiger partial charge in [-0.3, -0.25) is 4.79 Å². The Balaban J connectivity index is 2.79. The van der Waals surface area contributed by atoms with Gasteiger partial charge in [0.15, 0.2) is 0 Å². The van der Waals surface area contributed by atoms with Gasteiger partial charge in [0.05, 0.1) is 0 Å². The van der Waals surface area contributed by atoms with Crippen LogP contribution < -0.4 is 4.74 Å². The van der Waals surface area contributed by atoms with Crippen LogP contribution in [0.25, 0.3) is 0 Å². The third-order valence-electron chi connectivity index (χ3n) is 3.54. The fourth-order valence-corrected chi connectivity index (χ4v) is 1.80. The van der Waals surface area contributed by atoms with Gasteiger partial charge in [0.25, 0.3) is 0 Å². The van der Waals surface area contributed by atoms with Gasteiger partial charge in [0, 0.05) is 13.5 Å². The maximum absolute atomic E-state index is 12.3. The van der Waals surface area contributed by atoms with Crippen molar-refractivity contribution in [3.63, 3.8) is 0 Å². The molecule has 1 aromatic rings. The van der Waals surface area contributed by atoms with Gasteiger partial charge < -0.3 is 14.7 Å². The van der Waals surface area contributed by atoms with Crippen LogP contribution in [0.15, 0.2) is 24.3 Å². The number of nitrogens with zero attached hydrogens (tertiary/aromatic N) is 1. The maximum Gasteiger partial charge on any atom is 0.573 e. The molecule has 0 spiro atoms. The summed E-state index contributed by atoms with van der Waals surface area (Å²) in [5.41, 5.74) is -1.18. The number of carbonyl (C=O) groups excluding carboxylic acids is 1. The summed E-state index contributed by atoms with van der Waals surface area (Å²) in [5, 5.41) is 9.08. The third-order valence-corrected chi connectivity index (χ3v) is 3.54. The second-order valence-electron chi connectivity index (χ2n) is 5.47. The average molecular weight is 333 g/mol. The lowest BCUT2D eigenvalue weighted by atomic mass is 10.0. The zero-order chi connectivity index (χ0) is 17.8. The van der Waals surface area contributed by atoms with Crippen LogP contribution in [0.2, 0.25) is 0 Å². The fraction of sp³-hybridized carbons (Fsp3) is 0.467. The van der Waals surface area contributed by atoms with Crippen molar-refractivity contribution >= 4 is 11.9 Å². The monoisotopic (exact) mass is 333 g/mol.